The molecular formula is C12H13F3N2O2S. The third kappa shape index (κ3) is 1.73. The summed E-state index contributed by atoms with van der Waals surface area (Å²) in [6.07, 6.45) is -1.66. The van der Waals surface area contributed by atoms with Crippen molar-refractivity contribution in [3.8, 4) is 0 Å². The van der Waals surface area contributed by atoms with E-state index in [4.69, 9.17) is 0 Å². The minimum atomic E-state index is -2.67. The Kier molecular flexibility index (Phi) is 2.97. The maximum Gasteiger partial charge on any atom is 0.314 e. The quantitative estimate of drug-likeness (QED) is 0.933. The highest BCUT2D eigenvalue weighted by Gasteiger charge is 2.66. The number of carbonyl (C=O) groups is 1. The molecule has 0 aromatic carbocycles. The second kappa shape index (κ2) is 4.34. The van der Waals surface area contributed by atoms with Crippen molar-refractivity contribution in [3.63, 3.8) is 0 Å². The number of hydrogen-bond acceptors (Lipinski definition) is 4. The topological polar surface area (TPSA) is 53.4 Å². The molecule has 20 heavy (non-hydrogen) atoms. The van der Waals surface area contributed by atoms with Crippen LogP contribution in [0.4, 0.5) is 18.3 Å². The van der Waals surface area contributed by atoms with E-state index in [1.54, 1.807) is 0 Å². The number of aromatic nitrogens is 1. The van der Waals surface area contributed by atoms with E-state index in [2.05, 4.69) is 4.98 Å². The number of alkyl halides is 3. The molecule has 1 saturated carbocycles. The van der Waals surface area contributed by atoms with E-state index in [0.29, 0.717) is 6.42 Å². The molecule has 1 aromatic rings. The summed E-state index contributed by atoms with van der Waals surface area (Å²) in [6.45, 7) is -0.0927. The number of fused-ring (bicyclic) bond motifs is 1. The van der Waals surface area contributed by atoms with Crippen LogP contribution in [-0.4, -0.2) is 34.8 Å². The largest absolute Gasteiger partial charge is 0.481 e. The predicted octanol–water partition coefficient (Wildman–Crippen LogP) is 2.86. The number of halogens is 3. The molecule has 0 spiro atoms. The molecule has 110 valence electrons. The predicted molar refractivity (Wildman–Crippen MR) is 67.0 cm³/mol. The molecule has 8 heteroatoms. The van der Waals surface area contributed by atoms with Gasteiger partial charge in [-0.15, -0.1) is 11.3 Å². The summed E-state index contributed by atoms with van der Waals surface area (Å²) in [5.41, 5.74) is -3.57. The Morgan fingerprint density at radius 2 is 2.20 bits per heavy atom. The number of anilines is 1. The Bertz CT molecular complexity index is 553. The van der Waals surface area contributed by atoms with E-state index in [-0.39, 0.29) is 36.8 Å². The van der Waals surface area contributed by atoms with Crippen LogP contribution in [0.15, 0.2) is 5.38 Å². The molecule has 1 aliphatic heterocycles. The number of carboxylic acid groups (broad SMARTS) is 1. The van der Waals surface area contributed by atoms with Crippen molar-refractivity contribution in [2.24, 2.45) is 5.41 Å². The molecule has 0 bridgehead atoms. The fraction of sp³-hybridized carbons (Fsp3) is 0.667. The van der Waals surface area contributed by atoms with Gasteiger partial charge in [0, 0.05) is 11.9 Å². The van der Waals surface area contributed by atoms with Crippen LogP contribution in [-0.2, 0) is 4.79 Å². The zero-order valence-corrected chi connectivity index (χ0v) is 11.3. The van der Waals surface area contributed by atoms with Crippen LogP contribution < -0.4 is 4.90 Å². The van der Waals surface area contributed by atoms with Crippen LogP contribution in [0.5, 0.6) is 0 Å². The molecular weight excluding hydrogens is 293 g/mol. The minimum Gasteiger partial charge on any atom is -0.481 e. The number of hydrogen-bond donors (Lipinski definition) is 1. The summed E-state index contributed by atoms with van der Waals surface area (Å²) >= 11 is 0.998. The van der Waals surface area contributed by atoms with Crippen LogP contribution >= 0.6 is 11.3 Å². The van der Waals surface area contributed by atoms with E-state index in [9.17, 15) is 23.1 Å². The molecule has 2 atom stereocenters. The Balaban J connectivity index is 1.90. The highest BCUT2D eigenvalue weighted by molar-refractivity contribution is 7.13. The van der Waals surface area contributed by atoms with Gasteiger partial charge in [0.1, 0.15) is 16.8 Å². The van der Waals surface area contributed by atoms with Gasteiger partial charge in [0.15, 0.2) is 5.13 Å². The number of aliphatic carboxylic acids is 1. The van der Waals surface area contributed by atoms with Gasteiger partial charge in [-0.05, 0) is 19.3 Å². The lowest BCUT2D eigenvalue weighted by molar-refractivity contribution is -0.153. The summed E-state index contributed by atoms with van der Waals surface area (Å²) < 4.78 is 40.0. The summed E-state index contributed by atoms with van der Waals surface area (Å²) in [5, 5.41) is 10.9. The van der Waals surface area contributed by atoms with Gasteiger partial charge < -0.3 is 10.0 Å². The van der Waals surface area contributed by atoms with Gasteiger partial charge in [0.2, 0.25) is 0 Å². The van der Waals surface area contributed by atoms with E-state index in [1.165, 1.54) is 10.3 Å². The van der Waals surface area contributed by atoms with Gasteiger partial charge in [-0.1, -0.05) is 0 Å². The van der Waals surface area contributed by atoms with Crippen LogP contribution in [0.3, 0.4) is 0 Å². The lowest BCUT2D eigenvalue weighted by atomic mass is 9.78. The molecule has 1 saturated heterocycles. The second-order valence-corrected chi connectivity index (χ2v) is 6.25. The molecule has 0 unspecified atom stereocenters. The number of carboxylic acids is 1. The standard InChI is InChI=1S/C12H13F3N2O2S/c13-8(14)7-4-20-10(16-7)17-5-11(9(18)19)2-1-3-12(11,15)6-17/h4,8H,1-3,5-6H2,(H,18,19)/t11-,12-/m1/s1. The average molecular weight is 306 g/mol. The number of rotatable bonds is 3. The summed E-state index contributed by atoms with van der Waals surface area (Å²) in [7, 11) is 0. The summed E-state index contributed by atoms with van der Waals surface area (Å²) in [6, 6.07) is 0. The molecule has 1 aromatic heterocycles. The van der Waals surface area contributed by atoms with Gasteiger partial charge in [-0.2, -0.15) is 0 Å². The minimum absolute atomic E-state index is 0.00494. The highest BCUT2D eigenvalue weighted by Crippen LogP contribution is 2.55. The zero-order valence-electron chi connectivity index (χ0n) is 10.5. The van der Waals surface area contributed by atoms with Crippen molar-refractivity contribution in [2.75, 3.05) is 18.0 Å². The molecule has 2 aliphatic rings. The van der Waals surface area contributed by atoms with E-state index in [1.807, 2.05) is 0 Å². The lowest BCUT2D eigenvalue weighted by Gasteiger charge is -2.27. The van der Waals surface area contributed by atoms with Crippen molar-refractivity contribution in [2.45, 2.75) is 31.4 Å². The zero-order chi connectivity index (χ0) is 14.5. The SMILES string of the molecule is O=C(O)[C@]12CCC[C@@]1(F)CN(c1nc(C(F)F)cs1)C2. The molecule has 0 radical (unpaired) electrons. The molecule has 2 heterocycles. The summed E-state index contributed by atoms with van der Waals surface area (Å²) in [4.78, 5) is 16.8. The van der Waals surface area contributed by atoms with Gasteiger partial charge in [-0.25, -0.2) is 18.2 Å². The van der Waals surface area contributed by atoms with Crippen LogP contribution in [0.2, 0.25) is 0 Å². The van der Waals surface area contributed by atoms with Crippen molar-refractivity contribution < 1.29 is 23.1 Å². The van der Waals surface area contributed by atoms with Crippen molar-refractivity contribution >= 4 is 22.4 Å². The fourth-order valence-electron chi connectivity index (χ4n) is 3.29. The molecule has 0 amide bonds. The van der Waals surface area contributed by atoms with Gasteiger partial charge in [0.25, 0.3) is 6.43 Å². The Hall–Kier alpha value is -1.31. The first kappa shape index (κ1) is 13.7. The average Bonchev–Trinajstić information content (AvgIpc) is 2.98. The van der Waals surface area contributed by atoms with E-state index >= 15 is 0 Å². The van der Waals surface area contributed by atoms with E-state index < -0.39 is 23.5 Å². The summed E-state index contributed by atoms with van der Waals surface area (Å²) in [5.74, 6) is -1.15. The number of nitrogens with zero attached hydrogens (tertiary/aromatic N) is 2. The highest BCUT2D eigenvalue weighted by atomic mass is 32.1. The number of thiazole rings is 1. The molecule has 1 aliphatic carbocycles. The van der Waals surface area contributed by atoms with Crippen molar-refractivity contribution in [1.29, 1.82) is 0 Å². The van der Waals surface area contributed by atoms with Gasteiger partial charge >= 0.3 is 5.97 Å². The molecule has 4 nitrogen and oxygen atoms in total. The maximum atomic E-state index is 14.9. The van der Waals surface area contributed by atoms with Crippen LogP contribution in [0.1, 0.15) is 31.4 Å². The van der Waals surface area contributed by atoms with Crippen molar-refractivity contribution in [1.82, 2.24) is 4.98 Å². The lowest BCUT2D eigenvalue weighted by Crippen LogP contribution is -2.45. The molecule has 1 N–H and O–H groups in total. The fourth-order valence-corrected chi connectivity index (χ4v) is 4.11. The molecule has 3 rings (SSSR count). The monoisotopic (exact) mass is 306 g/mol. The van der Waals surface area contributed by atoms with Crippen LogP contribution in [0, 0.1) is 5.41 Å². The third-order valence-electron chi connectivity index (χ3n) is 4.35. The van der Waals surface area contributed by atoms with Crippen LogP contribution in [0.25, 0.3) is 0 Å². The Morgan fingerprint density at radius 3 is 2.75 bits per heavy atom. The first-order valence-electron chi connectivity index (χ1n) is 6.29. The first-order valence-corrected chi connectivity index (χ1v) is 7.17. The van der Waals surface area contributed by atoms with E-state index in [0.717, 1.165) is 11.3 Å². The molecule has 2 fully saturated rings. The van der Waals surface area contributed by atoms with Gasteiger partial charge in [0.05, 0.1) is 6.54 Å². The Labute approximate surface area is 117 Å². The first-order chi connectivity index (χ1) is 9.38. The van der Waals surface area contributed by atoms with Gasteiger partial charge in [-0.3, -0.25) is 4.79 Å². The normalized spacial score (nSPS) is 32.9. The van der Waals surface area contributed by atoms with Crippen molar-refractivity contribution in [3.05, 3.63) is 11.1 Å². The maximum absolute atomic E-state index is 14.9. The second-order valence-electron chi connectivity index (χ2n) is 5.42. The Morgan fingerprint density at radius 1 is 1.45 bits per heavy atom. The third-order valence-corrected chi connectivity index (χ3v) is 5.27. The smallest absolute Gasteiger partial charge is 0.314 e.